The average molecular weight is 250 g/mol. The van der Waals surface area contributed by atoms with Crippen molar-refractivity contribution in [3.8, 4) is 0 Å². The molecule has 98 valence electrons. The lowest BCUT2D eigenvalue weighted by Crippen LogP contribution is -2.37. The maximum Gasteiger partial charge on any atom is 0.305 e. The Hall–Kier alpha value is -1.88. The first-order chi connectivity index (χ1) is 8.54. The van der Waals surface area contributed by atoms with E-state index >= 15 is 0 Å². The lowest BCUT2D eigenvalue weighted by molar-refractivity contribution is -0.138. The summed E-state index contributed by atoms with van der Waals surface area (Å²) in [4.78, 5) is 22.2. The van der Waals surface area contributed by atoms with E-state index in [-0.39, 0.29) is 6.42 Å². The normalized spacial score (nSPS) is 11.9. The number of amides is 1. The molecule has 0 heterocycles. The molecule has 0 aliphatic heterocycles. The lowest BCUT2D eigenvalue weighted by atomic mass is 10.1. The van der Waals surface area contributed by atoms with Gasteiger partial charge in [-0.05, 0) is 18.1 Å². The number of para-hydroxylation sites is 1. The number of carboxylic acid groups (broad SMARTS) is 1. The second-order valence-electron chi connectivity index (χ2n) is 4.10. The van der Waals surface area contributed by atoms with Gasteiger partial charge in [-0.25, -0.2) is 0 Å². The van der Waals surface area contributed by atoms with E-state index in [1.807, 2.05) is 18.2 Å². The topological polar surface area (TPSA) is 92.4 Å². The summed E-state index contributed by atoms with van der Waals surface area (Å²) >= 11 is 0. The van der Waals surface area contributed by atoms with Gasteiger partial charge in [0.15, 0.2) is 0 Å². The van der Waals surface area contributed by atoms with E-state index < -0.39 is 17.9 Å². The number of nitrogens with one attached hydrogen (secondary N) is 1. The SMILES string of the molecule is CCCc1ccccc1NC(=O)C(N)CC(=O)O. The summed E-state index contributed by atoms with van der Waals surface area (Å²) in [5.41, 5.74) is 7.22. The number of aliphatic carboxylic acids is 1. The number of rotatable bonds is 6. The van der Waals surface area contributed by atoms with Gasteiger partial charge in [0.2, 0.25) is 5.91 Å². The molecule has 1 unspecified atom stereocenters. The third-order valence-corrected chi connectivity index (χ3v) is 2.53. The highest BCUT2D eigenvalue weighted by Crippen LogP contribution is 2.17. The van der Waals surface area contributed by atoms with E-state index in [2.05, 4.69) is 12.2 Å². The molecule has 0 saturated heterocycles. The van der Waals surface area contributed by atoms with Crippen molar-refractivity contribution in [1.82, 2.24) is 0 Å². The van der Waals surface area contributed by atoms with Crippen LogP contribution < -0.4 is 11.1 Å². The molecule has 5 nitrogen and oxygen atoms in total. The molecule has 0 aliphatic carbocycles. The quantitative estimate of drug-likeness (QED) is 0.711. The molecule has 0 aliphatic rings. The van der Waals surface area contributed by atoms with Gasteiger partial charge >= 0.3 is 5.97 Å². The molecule has 0 radical (unpaired) electrons. The average Bonchev–Trinajstić information content (AvgIpc) is 2.31. The summed E-state index contributed by atoms with van der Waals surface area (Å²) < 4.78 is 0. The van der Waals surface area contributed by atoms with Crippen LogP contribution >= 0.6 is 0 Å². The van der Waals surface area contributed by atoms with E-state index in [1.165, 1.54) is 0 Å². The van der Waals surface area contributed by atoms with Gasteiger partial charge in [-0.3, -0.25) is 9.59 Å². The summed E-state index contributed by atoms with van der Waals surface area (Å²) in [6, 6.07) is 6.41. The van der Waals surface area contributed by atoms with Crippen LogP contribution in [0.2, 0.25) is 0 Å². The van der Waals surface area contributed by atoms with E-state index in [9.17, 15) is 9.59 Å². The Bertz CT molecular complexity index is 432. The van der Waals surface area contributed by atoms with Gasteiger partial charge in [-0.15, -0.1) is 0 Å². The predicted octanol–water partition coefficient (Wildman–Crippen LogP) is 1.38. The molecule has 1 rings (SSSR count). The number of carbonyl (C=O) groups is 2. The number of nitrogens with two attached hydrogens (primary N) is 1. The van der Waals surface area contributed by atoms with Crippen LogP contribution in [0.25, 0.3) is 0 Å². The minimum absolute atomic E-state index is 0.373. The van der Waals surface area contributed by atoms with Crippen LogP contribution in [0.3, 0.4) is 0 Å². The molecule has 0 spiro atoms. The highest BCUT2D eigenvalue weighted by Gasteiger charge is 2.17. The molecule has 5 heteroatoms. The minimum atomic E-state index is -1.08. The highest BCUT2D eigenvalue weighted by molar-refractivity contribution is 5.97. The molecule has 18 heavy (non-hydrogen) atoms. The summed E-state index contributed by atoms with van der Waals surface area (Å²) in [5.74, 6) is -1.56. The number of anilines is 1. The summed E-state index contributed by atoms with van der Waals surface area (Å²) in [6.07, 6.45) is 1.44. The van der Waals surface area contributed by atoms with Crippen LogP contribution in [-0.2, 0) is 16.0 Å². The van der Waals surface area contributed by atoms with Crippen molar-refractivity contribution < 1.29 is 14.7 Å². The van der Waals surface area contributed by atoms with Gasteiger partial charge < -0.3 is 16.2 Å². The van der Waals surface area contributed by atoms with Crippen LogP contribution in [-0.4, -0.2) is 23.0 Å². The molecule has 0 saturated carbocycles. The lowest BCUT2D eigenvalue weighted by Gasteiger charge is -2.13. The van der Waals surface area contributed by atoms with Crippen molar-refractivity contribution in [3.05, 3.63) is 29.8 Å². The zero-order valence-electron chi connectivity index (χ0n) is 10.3. The van der Waals surface area contributed by atoms with Gasteiger partial charge in [0, 0.05) is 5.69 Å². The Kier molecular flexibility index (Phi) is 5.32. The number of aryl methyl sites for hydroxylation is 1. The van der Waals surface area contributed by atoms with E-state index in [1.54, 1.807) is 6.07 Å². The molecular weight excluding hydrogens is 232 g/mol. The van der Waals surface area contributed by atoms with Crippen molar-refractivity contribution in [3.63, 3.8) is 0 Å². The first kappa shape index (κ1) is 14.2. The van der Waals surface area contributed by atoms with Crippen LogP contribution in [0, 0.1) is 0 Å². The van der Waals surface area contributed by atoms with E-state index in [0.717, 1.165) is 18.4 Å². The smallest absolute Gasteiger partial charge is 0.305 e. The third kappa shape index (κ3) is 4.18. The first-order valence-corrected chi connectivity index (χ1v) is 5.90. The number of benzene rings is 1. The predicted molar refractivity (Wildman–Crippen MR) is 69.3 cm³/mol. The Morgan fingerprint density at radius 2 is 2.06 bits per heavy atom. The molecule has 0 fully saturated rings. The van der Waals surface area contributed by atoms with Gasteiger partial charge in [0.05, 0.1) is 12.5 Å². The zero-order chi connectivity index (χ0) is 13.5. The van der Waals surface area contributed by atoms with Crippen LogP contribution in [0.15, 0.2) is 24.3 Å². The monoisotopic (exact) mass is 250 g/mol. The third-order valence-electron chi connectivity index (χ3n) is 2.53. The first-order valence-electron chi connectivity index (χ1n) is 5.90. The summed E-state index contributed by atoms with van der Waals surface area (Å²) in [7, 11) is 0. The summed E-state index contributed by atoms with van der Waals surface area (Å²) in [5, 5.41) is 11.3. The summed E-state index contributed by atoms with van der Waals surface area (Å²) in [6.45, 7) is 2.05. The van der Waals surface area contributed by atoms with Crippen molar-refractivity contribution in [2.75, 3.05) is 5.32 Å². The molecule has 1 atom stereocenters. The van der Waals surface area contributed by atoms with E-state index in [4.69, 9.17) is 10.8 Å². The van der Waals surface area contributed by atoms with Crippen LogP contribution in [0.1, 0.15) is 25.3 Å². The largest absolute Gasteiger partial charge is 0.481 e. The van der Waals surface area contributed by atoms with Gasteiger partial charge in [-0.1, -0.05) is 31.5 Å². The van der Waals surface area contributed by atoms with Crippen molar-refractivity contribution in [2.24, 2.45) is 5.73 Å². The number of hydrogen-bond donors (Lipinski definition) is 3. The maximum atomic E-state index is 11.7. The van der Waals surface area contributed by atoms with Gasteiger partial charge in [0.25, 0.3) is 0 Å². The molecule has 0 aromatic heterocycles. The van der Waals surface area contributed by atoms with E-state index in [0.29, 0.717) is 5.69 Å². The number of carboxylic acids is 1. The maximum absolute atomic E-state index is 11.7. The number of hydrogen-bond acceptors (Lipinski definition) is 3. The fraction of sp³-hybridized carbons (Fsp3) is 0.385. The standard InChI is InChI=1S/C13H18N2O3/c1-2-5-9-6-3-4-7-11(9)15-13(18)10(14)8-12(16)17/h3-4,6-7,10H,2,5,8,14H2,1H3,(H,15,18)(H,16,17). The Morgan fingerprint density at radius 1 is 1.39 bits per heavy atom. The molecule has 1 aromatic carbocycles. The van der Waals surface area contributed by atoms with Crippen molar-refractivity contribution in [1.29, 1.82) is 0 Å². The van der Waals surface area contributed by atoms with Crippen molar-refractivity contribution >= 4 is 17.6 Å². The molecule has 4 N–H and O–H groups in total. The zero-order valence-corrected chi connectivity index (χ0v) is 10.3. The Morgan fingerprint density at radius 3 is 2.67 bits per heavy atom. The fourth-order valence-corrected chi connectivity index (χ4v) is 1.64. The van der Waals surface area contributed by atoms with Gasteiger partial charge in [-0.2, -0.15) is 0 Å². The fourth-order valence-electron chi connectivity index (χ4n) is 1.64. The molecule has 1 aromatic rings. The molecule has 1 amide bonds. The Labute approximate surface area is 106 Å². The van der Waals surface area contributed by atoms with Gasteiger partial charge in [0.1, 0.15) is 0 Å². The molecule has 0 bridgehead atoms. The second kappa shape index (κ2) is 6.76. The number of carbonyl (C=O) groups excluding carboxylic acids is 1. The van der Waals surface area contributed by atoms with Crippen LogP contribution in [0.4, 0.5) is 5.69 Å². The molecular formula is C13H18N2O3. The Balaban J connectivity index is 2.72. The second-order valence-corrected chi connectivity index (χ2v) is 4.10. The highest BCUT2D eigenvalue weighted by atomic mass is 16.4. The van der Waals surface area contributed by atoms with Crippen LogP contribution in [0.5, 0.6) is 0 Å². The van der Waals surface area contributed by atoms with Crippen molar-refractivity contribution in [2.45, 2.75) is 32.2 Å². The minimum Gasteiger partial charge on any atom is -0.481 e.